The Bertz CT molecular complexity index is 1170. The van der Waals surface area contributed by atoms with E-state index in [9.17, 15) is 4.79 Å². The van der Waals surface area contributed by atoms with E-state index in [4.69, 9.17) is 9.47 Å². The van der Waals surface area contributed by atoms with Gasteiger partial charge in [-0.2, -0.15) is 0 Å². The topological polar surface area (TPSA) is 52.8 Å². The molecule has 0 bridgehead atoms. The van der Waals surface area contributed by atoms with Crippen LogP contribution in [0.1, 0.15) is 12.0 Å². The Morgan fingerprint density at radius 2 is 1.79 bits per heavy atom. The minimum Gasteiger partial charge on any atom is -0.457 e. The van der Waals surface area contributed by atoms with Gasteiger partial charge in [-0.1, -0.05) is 43.0 Å². The molecule has 0 N–H and O–H groups in total. The second kappa shape index (κ2) is 8.02. The molecule has 0 saturated carbocycles. The van der Waals surface area contributed by atoms with Crippen LogP contribution in [0.15, 0.2) is 101 Å². The predicted octanol–water partition coefficient (Wildman–Crippen LogP) is 4.96. The average molecular weight is 384 g/mol. The summed E-state index contributed by atoms with van der Waals surface area (Å²) >= 11 is 0. The highest BCUT2D eigenvalue weighted by atomic mass is 16.5. The van der Waals surface area contributed by atoms with Gasteiger partial charge in [-0.15, -0.1) is 0 Å². The largest absolute Gasteiger partial charge is 0.457 e. The van der Waals surface area contributed by atoms with Crippen LogP contribution in [-0.4, -0.2) is 10.3 Å². The lowest BCUT2D eigenvalue weighted by atomic mass is 10.1. The Morgan fingerprint density at radius 1 is 1.00 bits per heavy atom. The minimum absolute atomic E-state index is 0.0947. The monoisotopic (exact) mass is 384 g/mol. The number of aromatic nitrogens is 1. The van der Waals surface area contributed by atoms with Gasteiger partial charge in [0, 0.05) is 31.3 Å². The van der Waals surface area contributed by atoms with Crippen LogP contribution >= 0.6 is 0 Å². The quantitative estimate of drug-likeness (QED) is 0.565. The SMILES string of the molecule is C=C(Oc1ccc(=O)n(C)c1)C1=NC(c2cccc(Oc3ccccc3)c2)=CC1. The van der Waals surface area contributed by atoms with Gasteiger partial charge in [0.15, 0.2) is 0 Å². The number of aliphatic imine (C=N–C) groups is 1. The van der Waals surface area contributed by atoms with E-state index in [2.05, 4.69) is 11.6 Å². The highest BCUT2D eigenvalue weighted by Gasteiger charge is 2.15. The van der Waals surface area contributed by atoms with Crippen molar-refractivity contribution < 1.29 is 9.47 Å². The van der Waals surface area contributed by atoms with E-state index in [-0.39, 0.29) is 5.56 Å². The standard InChI is InChI=1S/C24H20N2O3/c1-17(28-21-11-14-24(27)26(2)16-21)22-12-13-23(25-22)18-7-6-10-20(15-18)29-19-8-4-3-5-9-19/h3-11,13-16H,1,12H2,2H3. The van der Waals surface area contributed by atoms with E-state index in [1.165, 1.54) is 10.6 Å². The summed E-state index contributed by atoms with van der Waals surface area (Å²) in [6.45, 7) is 3.99. The van der Waals surface area contributed by atoms with Crippen molar-refractivity contribution in [1.82, 2.24) is 4.57 Å². The molecular formula is C24H20N2O3. The molecule has 5 heteroatoms. The molecule has 0 amide bonds. The molecule has 1 aromatic heterocycles. The first-order chi connectivity index (χ1) is 14.1. The van der Waals surface area contributed by atoms with E-state index in [0.717, 1.165) is 28.5 Å². The number of aryl methyl sites for hydroxylation is 1. The van der Waals surface area contributed by atoms with Crippen LogP contribution in [0.5, 0.6) is 17.2 Å². The second-order valence-corrected chi connectivity index (χ2v) is 6.63. The van der Waals surface area contributed by atoms with Gasteiger partial charge in [0.2, 0.25) is 0 Å². The van der Waals surface area contributed by atoms with Gasteiger partial charge >= 0.3 is 0 Å². The summed E-state index contributed by atoms with van der Waals surface area (Å²) in [4.78, 5) is 16.2. The molecule has 0 radical (unpaired) electrons. The van der Waals surface area contributed by atoms with Gasteiger partial charge in [-0.25, -0.2) is 4.99 Å². The molecule has 0 unspecified atom stereocenters. The fourth-order valence-corrected chi connectivity index (χ4v) is 2.96. The van der Waals surface area contributed by atoms with Crippen molar-refractivity contribution in [1.29, 1.82) is 0 Å². The third-order valence-electron chi connectivity index (χ3n) is 4.47. The molecule has 29 heavy (non-hydrogen) atoms. The molecule has 0 spiro atoms. The molecule has 2 heterocycles. The summed E-state index contributed by atoms with van der Waals surface area (Å²) in [7, 11) is 1.68. The maximum absolute atomic E-state index is 11.5. The molecule has 0 saturated heterocycles. The van der Waals surface area contributed by atoms with E-state index in [1.807, 2.05) is 60.7 Å². The van der Waals surface area contributed by atoms with E-state index >= 15 is 0 Å². The van der Waals surface area contributed by atoms with Crippen molar-refractivity contribution in [3.8, 4) is 17.2 Å². The van der Waals surface area contributed by atoms with E-state index in [1.54, 1.807) is 19.3 Å². The fraction of sp³-hybridized carbons (Fsp3) is 0.0833. The Balaban J connectivity index is 1.47. The van der Waals surface area contributed by atoms with Gasteiger partial charge in [0.25, 0.3) is 5.56 Å². The summed E-state index contributed by atoms with van der Waals surface area (Å²) in [5.41, 5.74) is 2.47. The maximum atomic E-state index is 11.5. The zero-order chi connectivity index (χ0) is 20.2. The first-order valence-corrected chi connectivity index (χ1v) is 9.23. The highest BCUT2D eigenvalue weighted by Crippen LogP contribution is 2.29. The number of ether oxygens (including phenoxy) is 2. The zero-order valence-electron chi connectivity index (χ0n) is 16.0. The first-order valence-electron chi connectivity index (χ1n) is 9.23. The summed E-state index contributed by atoms with van der Waals surface area (Å²) in [6.07, 6.45) is 4.29. The van der Waals surface area contributed by atoms with E-state index in [0.29, 0.717) is 17.9 Å². The average Bonchev–Trinajstić information content (AvgIpc) is 3.22. The summed E-state index contributed by atoms with van der Waals surface area (Å²) in [6, 6.07) is 20.5. The number of rotatable bonds is 6. The van der Waals surface area contributed by atoms with Crippen molar-refractivity contribution in [2.45, 2.75) is 6.42 Å². The van der Waals surface area contributed by atoms with Crippen molar-refractivity contribution >= 4 is 11.4 Å². The maximum Gasteiger partial charge on any atom is 0.250 e. The molecule has 5 nitrogen and oxygen atoms in total. The molecule has 144 valence electrons. The smallest absolute Gasteiger partial charge is 0.250 e. The van der Waals surface area contributed by atoms with Crippen LogP contribution in [0, 0.1) is 0 Å². The number of hydrogen-bond acceptors (Lipinski definition) is 4. The van der Waals surface area contributed by atoms with Gasteiger partial charge in [0.05, 0.1) is 11.4 Å². The third-order valence-corrected chi connectivity index (χ3v) is 4.47. The molecule has 4 rings (SSSR count). The predicted molar refractivity (Wildman–Crippen MR) is 114 cm³/mol. The number of nitrogens with zero attached hydrogens (tertiary/aromatic N) is 2. The van der Waals surface area contributed by atoms with Crippen LogP contribution < -0.4 is 15.0 Å². The lowest BCUT2D eigenvalue weighted by Gasteiger charge is -2.09. The van der Waals surface area contributed by atoms with Crippen LogP contribution in [0.3, 0.4) is 0 Å². The Morgan fingerprint density at radius 3 is 2.59 bits per heavy atom. The molecular weight excluding hydrogens is 364 g/mol. The number of pyridine rings is 1. The summed E-state index contributed by atoms with van der Waals surface area (Å²) in [5, 5.41) is 0. The van der Waals surface area contributed by atoms with Gasteiger partial charge < -0.3 is 14.0 Å². The molecule has 0 fully saturated rings. The molecule has 1 aliphatic rings. The lowest BCUT2D eigenvalue weighted by molar-refractivity contribution is 0.449. The van der Waals surface area contributed by atoms with E-state index < -0.39 is 0 Å². The summed E-state index contributed by atoms with van der Waals surface area (Å²) < 4.78 is 13.1. The molecule has 1 aliphatic heterocycles. The highest BCUT2D eigenvalue weighted by molar-refractivity contribution is 6.05. The van der Waals surface area contributed by atoms with Crippen molar-refractivity contribution in [3.63, 3.8) is 0 Å². The number of hydrogen-bond donors (Lipinski definition) is 0. The van der Waals surface area contributed by atoms with Crippen LogP contribution in [0.25, 0.3) is 5.70 Å². The first kappa shape index (κ1) is 18.5. The number of allylic oxidation sites excluding steroid dienone is 2. The normalized spacial score (nSPS) is 12.9. The van der Waals surface area contributed by atoms with Gasteiger partial charge in [0.1, 0.15) is 23.0 Å². The molecule has 0 atom stereocenters. The number of benzene rings is 2. The van der Waals surface area contributed by atoms with Gasteiger partial charge in [-0.3, -0.25) is 4.79 Å². The second-order valence-electron chi connectivity index (χ2n) is 6.63. The van der Waals surface area contributed by atoms with Crippen LogP contribution in [0.2, 0.25) is 0 Å². The zero-order valence-corrected chi connectivity index (χ0v) is 16.0. The molecule has 3 aromatic rings. The van der Waals surface area contributed by atoms with Crippen LogP contribution in [0.4, 0.5) is 0 Å². The minimum atomic E-state index is -0.0947. The fourth-order valence-electron chi connectivity index (χ4n) is 2.96. The number of para-hydroxylation sites is 1. The third kappa shape index (κ3) is 4.35. The van der Waals surface area contributed by atoms with Crippen molar-refractivity contribution in [2.24, 2.45) is 12.0 Å². The Hall–Kier alpha value is -3.86. The Kier molecular flexibility index (Phi) is 5.12. The summed E-state index contributed by atoms with van der Waals surface area (Å²) in [5.74, 6) is 2.55. The molecule has 2 aromatic carbocycles. The lowest BCUT2D eigenvalue weighted by Crippen LogP contribution is -2.15. The van der Waals surface area contributed by atoms with Crippen molar-refractivity contribution in [3.05, 3.63) is 107 Å². The van der Waals surface area contributed by atoms with Crippen LogP contribution in [-0.2, 0) is 7.05 Å². The van der Waals surface area contributed by atoms with Crippen molar-refractivity contribution in [2.75, 3.05) is 0 Å². The van der Waals surface area contributed by atoms with Gasteiger partial charge in [-0.05, 0) is 30.3 Å². The molecule has 0 aliphatic carbocycles. The Labute approximate surface area is 168 Å².